The average Bonchev–Trinajstić information content (AvgIpc) is 2.84. The lowest BCUT2D eigenvalue weighted by atomic mass is 9.94. The fourth-order valence-electron chi connectivity index (χ4n) is 2.98. The van der Waals surface area contributed by atoms with Gasteiger partial charge in [-0.25, -0.2) is 8.78 Å². The molecule has 0 aromatic carbocycles. The predicted molar refractivity (Wildman–Crippen MR) is 81.3 cm³/mol. The van der Waals surface area contributed by atoms with Crippen LogP contribution in [0.1, 0.15) is 38.5 Å². The third-order valence-corrected chi connectivity index (χ3v) is 4.36. The summed E-state index contributed by atoms with van der Waals surface area (Å²) in [6.07, 6.45) is 4.92. The van der Waals surface area contributed by atoms with Crippen molar-refractivity contribution in [2.75, 3.05) is 20.1 Å². The number of nitrogens with one attached hydrogen (secondary N) is 2. The second kappa shape index (κ2) is 8.06. The third-order valence-electron chi connectivity index (χ3n) is 4.36. The SMILES string of the molecule is CN(C(=O)CNC(=O)C1CC(F)(F)CN1)C1CCCCC1.Cl. The molecule has 0 radical (unpaired) electrons. The number of rotatable bonds is 4. The molecule has 8 heteroatoms. The van der Waals surface area contributed by atoms with Crippen molar-refractivity contribution in [1.29, 1.82) is 0 Å². The molecule has 5 nitrogen and oxygen atoms in total. The van der Waals surface area contributed by atoms with Crippen LogP contribution in [-0.4, -0.2) is 54.9 Å². The van der Waals surface area contributed by atoms with Gasteiger partial charge in [-0.3, -0.25) is 14.9 Å². The van der Waals surface area contributed by atoms with Crippen molar-refractivity contribution in [1.82, 2.24) is 15.5 Å². The highest BCUT2D eigenvalue weighted by Crippen LogP contribution is 2.25. The molecule has 2 rings (SSSR count). The lowest BCUT2D eigenvalue weighted by Gasteiger charge is -2.31. The van der Waals surface area contributed by atoms with E-state index in [1.54, 1.807) is 11.9 Å². The molecule has 0 aromatic rings. The van der Waals surface area contributed by atoms with Crippen LogP contribution in [0.2, 0.25) is 0 Å². The van der Waals surface area contributed by atoms with Gasteiger partial charge in [-0.05, 0) is 12.8 Å². The van der Waals surface area contributed by atoms with Crippen LogP contribution in [-0.2, 0) is 9.59 Å². The summed E-state index contributed by atoms with van der Waals surface area (Å²) >= 11 is 0. The van der Waals surface area contributed by atoms with Gasteiger partial charge < -0.3 is 10.2 Å². The Morgan fingerprint density at radius 3 is 2.45 bits per heavy atom. The Labute approximate surface area is 135 Å². The second-order valence-corrected chi connectivity index (χ2v) is 6.01. The predicted octanol–water partition coefficient (Wildman–Crippen LogP) is 1.31. The van der Waals surface area contributed by atoms with E-state index in [4.69, 9.17) is 0 Å². The quantitative estimate of drug-likeness (QED) is 0.812. The van der Waals surface area contributed by atoms with Crippen LogP contribution in [0.5, 0.6) is 0 Å². The number of alkyl halides is 2. The molecular formula is C14H24ClF2N3O2. The summed E-state index contributed by atoms with van der Waals surface area (Å²) < 4.78 is 26.0. The summed E-state index contributed by atoms with van der Waals surface area (Å²) in [5.74, 6) is -3.54. The van der Waals surface area contributed by atoms with E-state index in [0.717, 1.165) is 25.7 Å². The lowest BCUT2D eigenvalue weighted by molar-refractivity contribution is -0.134. The summed E-state index contributed by atoms with van der Waals surface area (Å²) in [6.45, 7) is -0.614. The summed E-state index contributed by atoms with van der Waals surface area (Å²) in [6, 6.07) is -0.676. The van der Waals surface area contributed by atoms with Gasteiger partial charge in [0.1, 0.15) is 0 Å². The van der Waals surface area contributed by atoms with Crippen molar-refractivity contribution >= 4 is 24.2 Å². The van der Waals surface area contributed by atoms with Crippen LogP contribution in [0.4, 0.5) is 8.78 Å². The van der Waals surface area contributed by atoms with Crippen molar-refractivity contribution < 1.29 is 18.4 Å². The van der Waals surface area contributed by atoms with Gasteiger partial charge in [0.15, 0.2) is 0 Å². The number of carbonyl (C=O) groups excluding carboxylic acids is 2. The number of nitrogens with zero attached hydrogens (tertiary/aromatic N) is 1. The molecule has 2 aliphatic rings. The highest BCUT2D eigenvalue weighted by atomic mass is 35.5. The molecule has 1 aliphatic carbocycles. The van der Waals surface area contributed by atoms with E-state index in [1.165, 1.54) is 6.42 Å². The Morgan fingerprint density at radius 1 is 1.27 bits per heavy atom. The van der Waals surface area contributed by atoms with Crippen LogP contribution in [0, 0.1) is 0 Å². The van der Waals surface area contributed by atoms with Crippen molar-refractivity contribution in [2.24, 2.45) is 0 Å². The molecule has 1 heterocycles. The Bertz CT molecular complexity index is 404. The van der Waals surface area contributed by atoms with Gasteiger partial charge in [0.05, 0.1) is 19.1 Å². The normalized spacial score (nSPS) is 24.4. The van der Waals surface area contributed by atoms with Crippen LogP contribution < -0.4 is 10.6 Å². The molecule has 22 heavy (non-hydrogen) atoms. The number of halogens is 3. The summed E-state index contributed by atoms with van der Waals surface area (Å²) in [7, 11) is 1.74. The summed E-state index contributed by atoms with van der Waals surface area (Å²) in [5, 5.41) is 4.93. The molecular weight excluding hydrogens is 316 g/mol. The van der Waals surface area contributed by atoms with Gasteiger partial charge in [-0.1, -0.05) is 19.3 Å². The summed E-state index contributed by atoms with van der Waals surface area (Å²) in [4.78, 5) is 25.5. The Kier molecular flexibility index (Phi) is 6.99. The molecule has 128 valence electrons. The van der Waals surface area contributed by atoms with Gasteiger partial charge in [0, 0.05) is 19.5 Å². The molecule has 1 saturated heterocycles. The van der Waals surface area contributed by atoms with Crippen molar-refractivity contribution in [3.63, 3.8) is 0 Å². The van der Waals surface area contributed by atoms with Crippen LogP contribution >= 0.6 is 12.4 Å². The Balaban J connectivity index is 0.00000242. The highest BCUT2D eigenvalue weighted by Gasteiger charge is 2.42. The molecule has 1 unspecified atom stereocenters. The van der Waals surface area contributed by atoms with Gasteiger partial charge in [-0.2, -0.15) is 0 Å². The molecule has 1 saturated carbocycles. The van der Waals surface area contributed by atoms with Gasteiger partial charge in [0.25, 0.3) is 5.92 Å². The van der Waals surface area contributed by atoms with Crippen LogP contribution in [0.3, 0.4) is 0 Å². The maximum Gasteiger partial charge on any atom is 0.262 e. The van der Waals surface area contributed by atoms with E-state index < -0.39 is 30.8 Å². The van der Waals surface area contributed by atoms with Gasteiger partial charge in [0.2, 0.25) is 11.8 Å². The Hall–Kier alpha value is -0.950. The minimum absolute atomic E-state index is 0. The maximum absolute atomic E-state index is 13.0. The number of hydrogen-bond acceptors (Lipinski definition) is 3. The van der Waals surface area contributed by atoms with Crippen molar-refractivity contribution in [3.05, 3.63) is 0 Å². The van der Waals surface area contributed by atoms with Crippen LogP contribution in [0.25, 0.3) is 0 Å². The van der Waals surface area contributed by atoms with Crippen molar-refractivity contribution in [2.45, 2.75) is 56.5 Å². The fourth-order valence-corrected chi connectivity index (χ4v) is 2.98. The molecule has 2 fully saturated rings. The number of hydrogen-bond donors (Lipinski definition) is 2. The number of carbonyl (C=O) groups is 2. The second-order valence-electron chi connectivity index (χ2n) is 6.01. The van der Waals surface area contributed by atoms with E-state index in [0.29, 0.717) is 0 Å². The first-order valence-corrected chi connectivity index (χ1v) is 7.54. The highest BCUT2D eigenvalue weighted by molar-refractivity contribution is 5.87. The molecule has 0 bridgehead atoms. The van der Waals surface area contributed by atoms with Gasteiger partial charge in [-0.15, -0.1) is 12.4 Å². The Morgan fingerprint density at radius 2 is 1.91 bits per heavy atom. The standard InChI is InChI=1S/C14H23F2N3O2.ClH/c1-19(10-5-3-2-4-6-10)12(20)8-17-13(21)11-7-14(15,16)9-18-11;/h10-11,18H,2-9H2,1H3,(H,17,21);1H. The summed E-state index contributed by atoms with van der Waals surface area (Å²) in [5.41, 5.74) is 0. The molecule has 1 atom stereocenters. The third kappa shape index (κ3) is 5.05. The molecule has 2 N–H and O–H groups in total. The zero-order valence-corrected chi connectivity index (χ0v) is 13.6. The van der Waals surface area contributed by atoms with Crippen LogP contribution in [0.15, 0.2) is 0 Å². The van der Waals surface area contributed by atoms with E-state index in [1.807, 2.05) is 0 Å². The smallest absolute Gasteiger partial charge is 0.262 e. The number of likely N-dealkylation sites (N-methyl/N-ethyl adjacent to an activating group) is 1. The van der Waals surface area contributed by atoms with E-state index in [2.05, 4.69) is 10.6 Å². The zero-order chi connectivity index (χ0) is 15.5. The van der Waals surface area contributed by atoms with E-state index in [9.17, 15) is 18.4 Å². The lowest BCUT2D eigenvalue weighted by Crippen LogP contribution is -2.47. The largest absolute Gasteiger partial charge is 0.346 e. The average molecular weight is 340 g/mol. The zero-order valence-electron chi connectivity index (χ0n) is 12.7. The topological polar surface area (TPSA) is 61.4 Å². The molecule has 1 aliphatic heterocycles. The van der Waals surface area contributed by atoms with Crippen molar-refractivity contribution in [3.8, 4) is 0 Å². The first-order valence-electron chi connectivity index (χ1n) is 7.54. The monoisotopic (exact) mass is 339 g/mol. The minimum Gasteiger partial charge on any atom is -0.346 e. The molecule has 0 spiro atoms. The molecule has 0 aromatic heterocycles. The number of amides is 2. The van der Waals surface area contributed by atoms with E-state index in [-0.39, 0.29) is 30.9 Å². The van der Waals surface area contributed by atoms with E-state index >= 15 is 0 Å². The maximum atomic E-state index is 13.0. The minimum atomic E-state index is -2.84. The first-order chi connectivity index (χ1) is 9.89. The van der Waals surface area contributed by atoms with Gasteiger partial charge >= 0.3 is 0 Å². The first kappa shape index (κ1) is 19.1. The fraction of sp³-hybridized carbons (Fsp3) is 0.857. The molecule has 2 amide bonds.